The normalized spacial score (nSPS) is 10.5. The molecule has 5 heteroatoms. The first kappa shape index (κ1) is 18.5. The van der Waals surface area contributed by atoms with Crippen molar-refractivity contribution in [3.8, 4) is 28.2 Å². The second kappa shape index (κ2) is 8.44. The zero-order chi connectivity index (χ0) is 20.1. The molecule has 0 radical (unpaired) electrons. The van der Waals surface area contributed by atoms with Crippen LogP contribution in [-0.4, -0.2) is 18.2 Å². The molecule has 0 saturated carbocycles. The number of methoxy groups -OCH3 is 1. The molecule has 0 unspecified atom stereocenters. The van der Waals surface area contributed by atoms with Gasteiger partial charge in [0.1, 0.15) is 5.75 Å². The maximum Gasteiger partial charge on any atom is 0.230 e. The van der Waals surface area contributed by atoms with E-state index in [2.05, 4.69) is 10.5 Å². The summed E-state index contributed by atoms with van der Waals surface area (Å²) in [4.78, 5) is 12.6. The van der Waals surface area contributed by atoms with E-state index in [0.717, 1.165) is 28.1 Å². The lowest BCUT2D eigenvalue weighted by molar-refractivity contribution is -0.115. The Labute approximate surface area is 168 Å². The summed E-state index contributed by atoms with van der Waals surface area (Å²) in [6.07, 6.45) is 0.128. The molecule has 5 nitrogen and oxygen atoms in total. The molecule has 4 rings (SSSR count). The summed E-state index contributed by atoms with van der Waals surface area (Å²) in [5.41, 5.74) is 4.24. The van der Waals surface area contributed by atoms with E-state index in [4.69, 9.17) is 9.26 Å². The molecule has 0 aliphatic heterocycles. The number of benzene rings is 3. The lowest BCUT2D eigenvalue weighted by atomic mass is 10.0. The van der Waals surface area contributed by atoms with Crippen molar-refractivity contribution in [2.75, 3.05) is 12.4 Å². The van der Waals surface area contributed by atoms with Gasteiger partial charge >= 0.3 is 0 Å². The van der Waals surface area contributed by atoms with Crippen molar-refractivity contribution in [1.82, 2.24) is 5.16 Å². The average Bonchev–Trinajstić information content (AvgIpc) is 3.23. The van der Waals surface area contributed by atoms with E-state index < -0.39 is 0 Å². The molecule has 3 aromatic carbocycles. The van der Waals surface area contributed by atoms with Crippen LogP contribution in [0, 0.1) is 0 Å². The Balaban J connectivity index is 1.47. The molecule has 4 aromatic rings. The highest BCUT2D eigenvalue weighted by Crippen LogP contribution is 2.28. The van der Waals surface area contributed by atoms with Crippen LogP contribution in [0.2, 0.25) is 0 Å². The van der Waals surface area contributed by atoms with Crippen molar-refractivity contribution in [2.45, 2.75) is 6.42 Å². The number of hydrogen-bond acceptors (Lipinski definition) is 4. The van der Waals surface area contributed by atoms with Crippen LogP contribution in [0.1, 0.15) is 5.69 Å². The van der Waals surface area contributed by atoms with Crippen molar-refractivity contribution >= 4 is 11.6 Å². The number of anilines is 1. The van der Waals surface area contributed by atoms with Crippen LogP contribution in [0.25, 0.3) is 22.5 Å². The monoisotopic (exact) mass is 384 g/mol. The summed E-state index contributed by atoms with van der Waals surface area (Å²) >= 11 is 0. The molecule has 29 heavy (non-hydrogen) atoms. The zero-order valence-electron chi connectivity index (χ0n) is 16.0. The highest BCUT2D eigenvalue weighted by molar-refractivity contribution is 5.96. The number of carbonyl (C=O) groups excluding carboxylic acids is 1. The average molecular weight is 384 g/mol. The molecule has 0 aliphatic carbocycles. The second-order valence-corrected chi connectivity index (χ2v) is 6.55. The van der Waals surface area contributed by atoms with Crippen LogP contribution in [0.5, 0.6) is 5.75 Å². The van der Waals surface area contributed by atoms with E-state index in [0.29, 0.717) is 11.5 Å². The maximum absolute atomic E-state index is 12.6. The minimum Gasteiger partial charge on any atom is -0.497 e. The molecule has 144 valence electrons. The van der Waals surface area contributed by atoms with Gasteiger partial charge in [0.15, 0.2) is 5.76 Å². The third kappa shape index (κ3) is 4.35. The summed E-state index contributed by atoms with van der Waals surface area (Å²) < 4.78 is 10.6. The molecule has 0 atom stereocenters. The number of amides is 1. The van der Waals surface area contributed by atoms with Gasteiger partial charge in [0.25, 0.3) is 0 Å². The Hall–Kier alpha value is -3.86. The van der Waals surface area contributed by atoms with E-state index in [1.165, 1.54) is 0 Å². The Morgan fingerprint density at radius 1 is 0.931 bits per heavy atom. The number of nitrogens with one attached hydrogen (secondary N) is 1. The summed E-state index contributed by atoms with van der Waals surface area (Å²) in [5, 5.41) is 7.01. The summed E-state index contributed by atoms with van der Waals surface area (Å²) in [6, 6.07) is 27.0. The number of carbonyl (C=O) groups is 1. The topological polar surface area (TPSA) is 64.4 Å². The first-order chi connectivity index (χ1) is 14.2. The fourth-order valence-electron chi connectivity index (χ4n) is 3.11. The molecule has 1 amide bonds. The van der Waals surface area contributed by atoms with Crippen LogP contribution in [-0.2, 0) is 11.2 Å². The van der Waals surface area contributed by atoms with Crippen LogP contribution >= 0.6 is 0 Å². The number of rotatable bonds is 6. The largest absolute Gasteiger partial charge is 0.497 e. The highest BCUT2D eigenvalue weighted by Gasteiger charge is 2.13. The SMILES string of the molecule is COc1ccc(-c2cc(CC(=O)Nc3ccccc3-c3ccccc3)no2)cc1. The van der Waals surface area contributed by atoms with Gasteiger partial charge in [-0.05, 0) is 35.9 Å². The maximum atomic E-state index is 12.6. The van der Waals surface area contributed by atoms with Gasteiger partial charge < -0.3 is 14.6 Å². The van der Waals surface area contributed by atoms with Crippen LogP contribution in [0.3, 0.4) is 0 Å². The van der Waals surface area contributed by atoms with Crippen molar-refractivity contribution in [2.24, 2.45) is 0 Å². The molecule has 1 aromatic heterocycles. The van der Waals surface area contributed by atoms with Crippen molar-refractivity contribution < 1.29 is 14.1 Å². The predicted octanol–water partition coefficient (Wildman–Crippen LogP) is 5.20. The van der Waals surface area contributed by atoms with Crippen molar-refractivity contribution in [1.29, 1.82) is 0 Å². The van der Waals surface area contributed by atoms with E-state index >= 15 is 0 Å². The summed E-state index contributed by atoms with van der Waals surface area (Å²) in [5.74, 6) is 1.23. The fraction of sp³-hybridized carbons (Fsp3) is 0.0833. The summed E-state index contributed by atoms with van der Waals surface area (Å²) in [7, 11) is 1.62. The number of ether oxygens (including phenoxy) is 1. The molecule has 0 spiro atoms. The lowest BCUT2D eigenvalue weighted by Crippen LogP contribution is -2.15. The molecular weight excluding hydrogens is 364 g/mol. The van der Waals surface area contributed by atoms with Gasteiger partial charge in [-0.3, -0.25) is 4.79 Å². The van der Waals surface area contributed by atoms with Gasteiger partial charge in [0.05, 0.1) is 19.2 Å². The molecule has 0 fully saturated rings. The standard InChI is InChI=1S/C24H20N2O3/c1-28-20-13-11-18(12-14-20)23-15-19(26-29-23)16-24(27)25-22-10-6-5-9-21(22)17-7-3-2-4-8-17/h2-15H,16H2,1H3,(H,25,27). The predicted molar refractivity (Wildman–Crippen MR) is 113 cm³/mol. The number of para-hydroxylation sites is 1. The molecule has 0 saturated heterocycles. The molecule has 1 N–H and O–H groups in total. The van der Waals surface area contributed by atoms with E-state index in [1.807, 2.05) is 78.9 Å². The van der Waals surface area contributed by atoms with Crippen LogP contribution < -0.4 is 10.1 Å². The van der Waals surface area contributed by atoms with Gasteiger partial charge in [-0.2, -0.15) is 0 Å². The molecule has 0 aliphatic rings. The van der Waals surface area contributed by atoms with E-state index in [9.17, 15) is 4.79 Å². The summed E-state index contributed by atoms with van der Waals surface area (Å²) in [6.45, 7) is 0. The quantitative estimate of drug-likeness (QED) is 0.496. The smallest absolute Gasteiger partial charge is 0.230 e. The lowest BCUT2D eigenvalue weighted by Gasteiger charge is -2.10. The van der Waals surface area contributed by atoms with E-state index in [1.54, 1.807) is 13.2 Å². The Kier molecular flexibility index (Phi) is 5.38. The number of aromatic nitrogens is 1. The Morgan fingerprint density at radius 3 is 2.41 bits per heavy atom. The zero-order valence-corrected chi connectivity index (χ0v) is 16.0. The molecule has 1 heterocycles. The van der Waals surface area contributed by atoms with Gasteiger partial charge in [0.2, 0.25) is 5.91 Å². The Morgan fingerprint density at radius 2 is 1.66 bits per heavy atom. The molecule has 0 bridgehead atoms. The highest BCUT2D eigenvalue weighted by atomic mass is 16.5. The number of nitrogens with zero attached hydrogens (tertiary/aromatic N) is 1. The van der Waals surface area contributed by atoms with Gasteiger partial charge in [-0.1, -0.05) is 53.7 Å². The van der Waals surface area contributed by atoms with E-state index in [-0.39, 0.29) is 12.3 Å². The fourth-order valence-corrected chi connectivity index (χ4v) is 3.11. The van der Waals surface area contributed by atoms with Crippen LogP contribution in [0.4, 0.5) is 5.69 Å². The van der Waals surface area contributed by atoms with Crippen molar-refractivity contribution in [3.63, 3.8) is 0 Å². The Bertz CT molecular complexity index is 1100. The second-order valence-electron chi connectivity index (χ2n) is 6.55. The third-order valence-corrected chi connectivity index (χ3v) is 4.56. The first-order valence-electron chi connectivity index (χ1n) is 9.27. The van der Waals surface area contributed by atoms with Crippen molar-refractivity contribution in [3.05, 3.63) is 90.6 Å². The molecular formula is C24H20N2O3. The van der Waals surface area contributed by atoms with Gasteiger partial charge in [-0.25, -0.2) is 0 Å². The third-order valence-electron chi connectivity index (χ3n) is 4.56. The van der Waals surface area contributed by atoms with Gasteiger partial charge in [0, 0.05) is 22.9 Å². The van der Waals surface area contributed by atoms with Gasteiger partial charge in [-0.15, -0.1) is 0 Å². The first-order valence-corrected chi connectivity index (χ1v) is 9.27. The minimum atomic E-state index is -0.150. The minimum absolute atomic E-state index is 0.128. The van der Waals surface area contributed by atoms with Crippen LogP contribution in [0.15, 0.2) is 89.5 Å². The number of hydrogen-bond donors (Lipinski definition) is 1.